The maximum Gasteiger partial charge on any atom is 0.166 e. The molecule has 0 saturated carbocycles. The quantitative estimate of drug-likeness (QED) is 0.815. The Morgan fingerprint density at radius 2 is 2.05 bits per heavy atom. The molecule has 0 aromatic heterocycles. The largest absolute Gasteiger partial charge is 0.361 e. The molecule has 1 fully saturated rings. The summed E-state index contributed by atoms with van der Waals surface area (Å²) in [5.74, 6) is -0.214. The zero-order valence-electron chi connectivity index (χ0n) is 13.4. The van der Waals surface area contributed by atoms with Crippen molar-refractivity contribution in [2.45, 2.75) is 51.7 Å². The number of piperidine rings is 1. The van der Waals surface area contributed by atoms with Crippen LogP contribution >= 0.6 is 12.2 Å². The Kier molecular flexibility index (Phi) is 6.58. The molecule has 0 spiro atoms. The number of benzene rings is 1. The van der Waals surface area contributed by atoms with Gasteiger partial charge in [0, 0.05) is 25.2 Å². The lowest BCUT2D eigenvalue weighted by Gasteiger charge is -2.38. The lowest BCUT2D eigenvalue weighted by molar-refractivity contribution is 0.116. The molecule has 2 rings (SSSR count). The first kappa shape index (κ1) is 17.2. The first-order chi connectivity index (χ1) is 10.6. The molecule has 2 unspecified atom stereocenters. The lowest BCUT2D eigenvalue weighted by atomic mass is 10.0. The zero-order chi connectivity index (χ0) is 15.9. The summed E-state index contributed by atoms with van der Waals surface area (Å²) in [4.78, 5) is 2.55. The van der Waals surface area contributed by atoms with Gasteiger partial charge in [0.15, 0.2) is 5.11 Å². The molecule has 1 saturated heterocycles. The van der Waals surface area contributed by atoms with Gasteiger partial charge < -0.3 is 10.6 Å². The van der Waals surface area contributed by atoms with Crippen molar-refractivity contribution in [3.63, 3.8) is 0 Å². The fourth-order valence-electron chi connectivity index (χ4n) is 2.98. The molecule has 2 atom stereocenters. The molecule has 1 aliphatic heterocycles. The summed E-state index contributed by atoms with van der Waals surface area (Å²) in [5, 5.41) is 7.11. The van der Waals surface area contributed by atoms with Crippen LogP contribution in [0.1, 0.15) is 38.7 Å². The molecule has 0 radical (unpaired) electrons. The van der Waals surface area contributed by atoms with Crippen LogP contribution in [-0.2, 0) is 6.54 Å². The molecule has 22 heavy (non-hydrogen) atoms. The first-order valence-electron chi connectivity index (χ1n) is 8.08. The Labute approximate surface area is 138 Å². The molecular formula is C17H26FN3S. The van der Waals surface area contributed by atoms with Crippen molar-refractivity contribution in [2.24, 2.45) is 0 Å². The van der Waals surface area contributed by atoms with Gasteiger partial charge in [-0.3, -0.25) is 4.90 Å². The lowest BCUT2D eigenvalue weighted by Crippen LogP contribution is -2.49. The van der Waals surface area contributed by atoms with E-state index in [1.54, 1.807) is 12.1 Å². The summed E-state index contributed by atoms with van der Waals surface area (Å²) in [7, 11) is 0. The van der Waals surface area contributed by atoms with Crippen molar-refractivity contribution in [3.05, 3.63) is 35.6 Å². The van der Waals surface area contributed by atoms with Gasteiger partial charge in [-0.2, -0.15) is 0 Å². The van der Waals surface area contributed by atoms with Gasteiger partial charge in [-0.15, -0.1) is 0 Å². The Morgan fingerprint density at radius 1 is 1.32 bits per heavy atom. The van der Waals surface area contributed by atoms with Gasteiger partial charge in [0.1, 0.15) is 5.82 Å². The zero-order valence-corrected chi connectivity index (χ0v) is 14.3. The summed E-state index contributed by atoms with van der Waals surface area (Å²) in [6, 6.07) is 7.60. The minimum atomic E-state index is -0.214. The molecule has 0 bridgehead atoms. The smallest absolute Gasteiger partial charge is 0.166 e. The molecule has 2 N–H and O–H groups in total. The highest BCUT2D eigenvalue weighted by atomic mass is 32.1. The third-order valence-electron chi connectivity index (χ3n) is 4.34. The number of halogens is 1. The maximum absolute atomic E-state index is 12.8. The average molecular weight is 323 g/mol. The molecule has 5 heteroatoms. The fraction of sp³-hybridized carbons (Fsp3) is 0.588. The van der Waals surface area contributed by atoms with Crippen LogP contribution in [0.15, 0.2) is 24.3 Å². The van der Waals surface area contributed by atoms with Gasteiger partial charge in [-0.05, 0) is 63.1 Å². The standard InChI is InChI=1S/C17H26FN3S/c1-13-5-3-4-10-21(13)14(2)11-19-17(22)20-12-15-6-8-16(18)9-7-15/h6-9,13-14H,3-5,10-12H2,1-2H3,(H2,19,20,22). The van der Waals surface area contributed by atoms with E-state index in [9.17, 15) is 4.39 Å². The second-order valence-corrected chi connectivity index (χ2v) is 6.53. The summed E-state index contributed by atoms with van der Waals surface area (Å²) in [6.07, 6.45) is 3.93. The molecule has 1 heterocycles. The van der Waals surface area contributed by atoms with E-state index in [1.807, 2.05) is 0 Å². The van der Waals surface area contributed by atoms with Gasteiger partial charge in [0.2, 0.25) is 0 Å². The number of rotatable bonds is 5. The van der Waals surface area contributed by atoms with Crippen molar-refractivity contribution >= 4 is 17.3 Å². The predicted molar refractivity (Wildman–Crippen MR) is 93.3 cm³/mol. The number of hydrogen-bond donors (Lipinski definition) is 2. The number of hydrogen-bond acceptors (Lipinski definition) is 2. The van der Waals surface area contributed by atoms with Crippen LogP contribution in [0.4, 0.5) is 4.39 Å². The monoisotopic (exact) mass is 323 g/mol. The third-order valence-corrected chi connectivity index (χ3v) is 4.63. The van der Waals surface area contributed by atoms with Crippen molar-refractivity contribution in [3.8, 4) is 0 Å². The highest BCUT2D eigenvalue weighted by Gasteiger charge is 2.22. The van der Waals surface area contributed by atoms with Gasteiger partial charge in [-0.1, -0.05) is 18.6 Å². The second kappa shape index (κ2) is 8.44. The number of nitrogens with one attached hydrogen (secondary N) is 2. The van der Waals surface area contributed by atoms with E-state index in [0.717, 1.165) is 12.1 Å². The summed E-state index contributed by atoms with van der Waals surface area (Å²) in [6.45, 7) is 7.19. The normalized spacial score (nSPS) is 20.4. The van der Waals surface area contributed by atoms with E-state index in [-0.39, 0.29) is 5.82 Å². The molecule has 1 aromatic carbocycles. The van der Waals surface area contributed by atoms with Crippen LogP contribution in [0.2, 0.25) is 0 Å². The van der Waals surface area contributed by atoms with Crippen LogP contribution in [0.3, 0.4) is 0 Å². The van der Waals surface area contributed by atoms with Crippen LogP contribution < -0.4 is 10.6 Å². The predicted octanol–water partition coefficient (Wildman–Crippen LogP) is 3.05. The SMILES string of the molecule is CC1CCCCN1C(C)CNC(=S)NCc1ccc(F)cc1. The summed E-state index contributed by atoms with van der Waals surface area (Å²) >= 11 is 5.31. The molecule has 1 aromatic rings. The maximum atomic E-state index is 12.8. The van der Waals surface area contributed by atoms with Crippen LogP contribution in [0.25, 0.3) is 0 Å². The highest BCUT2D eigenvalue weighted by Crippen LogP contribution is 2.18. The van der Waals surface area contributed by atoms with Gasteiger partial charge in [-0.25, -0.2) is 4.39 Å². The Balaban J connectivity index is 1.69. The van der Waals surface area contributed by atoms with Crippen molar-refractivity contribution in [1.29, 1.82) is 0 Å². The summed E-state index contributed by atoms with van der Waals surface area (Å²) < 4.78 is 12.8. The summed E-state index contributed by atoms with van der Waals surface area (Å²) in [5.41, 5.74) is 1.02. The Morgan fingerprint density at radius 3 is 2.73 bits per heavy atom. The van der Waals surface area contributed by atoms with Crippen molar-refractivity contribution in [2.75, 3.05) is 13.1 Å². The third kappa shape index (κ3) is 5.21. The number of nitrogens with zero attached hydrogens (tertiary/aromatic N) is 1. The van der Waals surface area contributed by atoms with E-state index < -0.39 is 0 Å². The first-order valence-corrected chi connectivity index (χ1v) is 8.49. The molecule has 1 aliphatic rings. The topological polar surface area (TPSA) is 27.3 Å². The van der Waals surface area contributed by atoms with E-state index >= 15 is 0 Å². The van der Waals surface area contributed by atoms with E-state index in [0.29, 0.717) is 23.7 Å². The molecule has 0 aliphatic carbocycles. The molecule has 3 nitrogen and oxygen atoms in total. The van der Waals surface area contributed by atoms with Crippen molar-refractivity contribution < 1.29 is 4.39 Å². The van der Waals surface area contributed by atoms with E-state index in [2.05, 4.69) is 29.4 Å². The van der Waals surface area contributed by atoms with Crippen molar-refractivity contribution in [1.82, 2.24) is 15.5 Å². The second-order valence-electron chi connectivity index (χ2n) is 6.12. The van der Waals surface area contributed by atoms with Gasteiger partial charge >= 0.3 is 0 Å². The van der Waals surface area contributed by atoms with Gasteiger partial charge in [0.05, 0.1) is 0 Å². The van der Waals surface area contributed by atoms with E-state index in [4.69, 9.17) is 12.2 Å². The Bertz CT molecular complexity index is 477. The fourth-order valence-corrected chi connectivity index (χ4v) is 3.14. The highest BCUT2D eigenvalue weighted by molar-refractivity contribution is 7.80. The molecular weight excluding hydrogens is 297 g/mol. The van der Waals surface area contributed by atoms with Gasteiger partial charge in [0.25, 0.3) is 0 Å². The minimum Gasteiger partial charge on any atom is -0.361 e. The van der Waals surface area contributed by atoms with Crippen LogP contribution in [0.5, 0.6) is 0 Å². The Hall–Kier alpha value is -1.20. The number of thiocarbonyl (C=S) groups is 1. The van der Waals surface area contributed by atoms with E-state index in [1.165, 1.54) is 37.9 Å². The molecule has 0 amide bonds. The van der Waals surface area contributed by atoms with Crippen LogP contribution in [-0.4, -0.2) is 35.2 Å². The van der Waals surface area contributed by atoms with Crippen LogP contribution in [0, 0.1) is 5.82 Å². The number of likely N-dealkylation sites (tertiary alicyclic amines) is 1. The average Bonchev–Trinajstić information content (AvgIpc) is 2.52. The minimum absolute atomic E-state index is 0.214. The molecule has 122 valence electrons.